The first-order valence-corrected chi connectivity index (χ1v) is 13.6. The van der Waals surface area contributed by atoms with Gasteiger partial charge in [0.05, 0.1) is 8.07 Å². The van der Waals surface area contributed by atoms with Gasteiger partial charge in [0.15, 0.2) is 0 Å². The van der Waals surface area contributed by atoms with Gasteiger partial charge in [-0.05, 0) is 48.6 Å². The molecule has 0 aliphatic rings. The summed E-state index contributed by atoms with van der Waals surface area (Å²) in [5, 5.41) is 5.41. The van der Waals surface area contributed by atoms with E-state index in [0.29, 0.717) is 6.54 Å². The second-order valence-corrected chi connectivity index (χ2v) is 15.0. The van der Waals surface area contributed by atoms with Crippen molar-refractivity contribution in [2.24, 2.45) is 16.6 Å². The van der Waals surface area contributed by atoms with Gasteiger partial charge in [-0.15, -0.1) is 6.58 Å². The average molecular weight is 381 g/mol. The van der Waals surface area contributed by atoms with Crippen molar-refractivity contribution in [2.45, 2.75) is 92.3 Å². The van der Waals surface area contributed by atoms with Crippen LogP contribution in [0.3, 0.4) is 0 Å². The highest BCUT2D eigenvalue weighted by Gasteiger charge is 2.57. The van der Waals surface area contributed by atoms with E-state index in [4.69, 9.17) is 5.73 Å². The van der Waals surface area contributed by atoms with Gasteiger partial charge in [0, 0.05) is 13.1 Å². The minimum Gasteiger partial charge on any atom is -0.329 e. The Morgan fingerprint density at radius 3 is 2.15 bits per heavy atom. The van der Waals surface area contributed by atoms with Crippen molar-refractivity contribution in [3.05, 3.63) is 23.9 Å². The summed E-state index contributed by atoms with van der Waals surface area (Å²) in [4.78, 5) is 0. The highest BCUT2D eigenvalue weighted by atomic mass is 28.3. The van der Waals surface area contributed by atoms with Gasteiger partial charge in [-0.25, -0.2) is 0 Å². The van der Waals surface area contributed by atoms with Crippen LogP contribution < -0.4 is 11.1 Å². The van der Waals surface area contributed by atoms with Crippen LogP contribution in [0.1, 0.15) is 74.1 Å². The van der Waals surface area contributed by atoms with Gasteiger partial charge in [0.25, 0.3) is 0 Å². The molecule has 1 atom stereocenters. The van der Waals surface area contributed by atoms with Crippen LogP contribution in [0.4, 0.5) is 0 Å². The Balaban J connectivity index is 5.91. The summed E-state index contributed by atoms with van der Waals surface area (Å²) in [6, 6.07) is 0. The molecular formula is C23H48N2Si. The van der Waals surface area contributed by atoms with E-state index in [0.717, 1.165) is 13.1 Å². The summed E-state index contributed by atoms with van der Waals surface area (Å²) in [5.74, 6) is 0. The first kappa shape index (κ1) is 25.6. The van der Waals surface area contributed by atoms with Crippen molar-refractivity contribution in [3.8, 4) is 0 Å². The molecule has 0 aromatic rings. The molecule has 0 aromatic heterocycles. The summed E-state index contributed by atoms with van der Waals surface area (Å²) >= 11 is 0. The molecule has 0 spiro atoms. The van der Waals surface area contributed by atoms with Gasteiger partial charge in [0.1, 0.15) is 0 Å². The molecule has 0 rings (SSSR count). The Labute approximate surface area is 166 Å². The van der Waals surface area contributed by atoms with E-state index in [9.17, 15) is 0 Å². The zero-order valence-corrected chi connectivity index (χ0v) is 20.4. The van der Waals surface area contributed by atoms with Crippen molar-refractivity contribution in [1.29, 1.82) is 0 Å². The Hall–Kier alpha value is -0.383. The minimum atomic E-state index is -1.67. The lowest BCUT2D eigenvalue weighted by molar-refractivity contribution is 0.0891. The summed E-state index contributed by atoms with van der Waals surface area (Å²) < 4.78 is 0. The van der Waals surface area contributed by atoms with Gasteiger partial charge in [0.2, 0.25) is 0 Å². The predicted molar refractivity (Wildman–Crippen MR) is 123 cm³/mol. The van der Waals surface area contributed by atoms with Gasteiger partial charge >= 0.3 is 0 Å². The summed E-state index contributed by atoms with van der Waals surface area (Å²) in [6.07, 6.45) is 9.56. The molecule has 154 valence electrons. The first-order chi connectivity index (χ1) is 11.9. The molecular weight excluding hydrogens is 332 g/mol. The normalized spacial score (nSPS) is 16.5. The van der Waals surface area contributed by atoms with E-state index in [1.165, 1.54) is 25.7 Å². The molecule has 0 saturated carbocycles. The van der Waals surface area contributed by atoms with Crippen LogP contribution in [0.5, 0.6) is 0 Å². The van der Waals surface area contributed by atoms with Crippen LogP contribution in [0.2, 0.25) is 18.1 Å². The van der Waals surface area contributed by atoms with E-state index in [-0.39, 0.29) is 15.9 Å². The van der Waals surface area contributed by atoms with Crippen LogP contribution in [-0.4, -0.2) is 27.7 Å². The third-order valence-corrected chi connectivity index (χ3v) is 13.8. The number of hydrogen-bond donors (Lipinski definition) is 2. The number of hydrogen-bond acceptors (Lipinski definition) is 2. The van der Waals surface area contributed by atoms with Crippen molar-refractivity contribution in [1.82, 2.24) is 5.32 Å². The predicted octanol–water partition coefficient (Wildman–Crippen LogP) is 6.31. The van der Waals surface area contributed by atoms with Gasteiger partial charge in [-0.1, -0.05) is 78.4 Å². The quantitative estimate of drug-likeness (QED) is 0.223. The maximum atomic E-state index is 5.62. The number of rotatable bonds is 13. The van der Waals surface area contributed by atoms with E-state index < -0.39 is 8.07 Å². The Kier molecular flexibility index (Phi) is 10.1. The summed E-state index contributed by atoms with van der Waals surface area (Å²) in [6.45, 7) is 28.9. The van der Waals surface area contributed by atoms with Gasteiger partial charge < -0.3 is 11.1 Å². The minimum absolute atomic E-state index is 0.0851. The fourth-order valence-corrected chi connectivity index (χ4v) is 8.43. The summed E-state index contributed by atoms with van der Waals surface area (Å²) in [5.41, 5.74) is 5.87. The van der Waals surface area contributed by atoms with E-state index >= 15 is 0 Å². The second-order valence-electron chi connectivity index (χ2n) is 9.83. The first-order valence-electron chi connectivity index (χ1n) is 10.6. The van der Waals surface area contributed by atoms with Crippen molar-refractivity contribution < 1.29 is 0 Å². The topological polar surface area (TPSA) is 38.0 Å². The molecule has 3 heteroatoms. The molecule has 1 unspecified atom stereocenters. The molecule has 0 bridgehead atoms. The SMILES string of the molecule is C=CC(C)(C)C(C)(C)C(C)(CCCNCCN)[Si](C)(C)/C(C)=C\CCC. The van der Waals surface area contributed by atoms with Crippen LogP contribution >= 0.6 is 0 Å². The Bertz CT molecular complexity index is 463. The van der Waals surface area contributed by atoms with Gasteiger partial charge in [-0.3, -0.25) is 0 Å². The molecule has 0 radical (unpaired) electrons. The van der Waals surface area contributed by atoms with Crippen molar-refractivity contribution in [2.75, 3.05) is 19.6 Å². The lowest BCUT2D eigenvalue weighted by atomic mass is 9.60. The lowest BCUT2D eigenvalue weighted by Gasteiger charge is -2.59. The Morgan fingerprint density at radius 2 is 1.69 bits per heavy atom. The van der Waals surface area contributed by atoms with Crippen LogP contribution in [-0.2, 0) is 0 Å². The molecule has 2 nitrogen and oxygen atoms in total. The van der Waals surface area contributed by atoms with Crippen LogP contribution in [0.25, 0.3) is 0 Å². The maximum absolute atomic E-state index is 5.62. The largest absolute Gasteiger partial charge is 0.329 e. The highest BCUT2D eigenvalue weighted by molar-refractivity contribution is 6.87. The molecule has 0 amide bonds. The van der Waals surface area contributed by atoms with E-state index in [1.54, 1.807) is 5.20 Å². The molecule has 0 saturated heterocycles. The maximum Gasteiger partial charge on any atom is 0.0810 e. The van der Waals surface area contributed by atoms with E-state index in [1.807, 2.05) is 0 Å². The standard InChI is InChI=1S/C23H48N2Si/c1-11-13-15-20(3)26(9,10)23(8,16-14-18-25-19-17-24)22(6,7)21(4,5)12-2/h12,15,25H,2,11,13-14,16-19,24H2,1,3-10H3/b20-15-. The zero-order valence-electron chi connectivity index (χ0n) is 19.4. The number of nitrogens with two attached hydrogens (primary N) is 1. The summed E-state index contributed by atoms with van der Waals surface area (Å²) in [7, 11) is -1.67. The smallest absolute Gasteiger partial charge is 0.0810 e. The Morgan fingerprint density at radius 1 is 1.12 bits per heavy atom. The molecule has 3 N–H and O–H groups in total. The zero-order chi connectivity index (χ0) is 20.6. The number of unbranched alkanes of at least 4 members (excludes halogenated alkanes) is 1. The second kappa shape index (κ2) is 10.2. The van der Waals surface area contributed by atoms with Gasteiger partial charge in [-0.2, -0.15) is 0 Å². The molecule has 0 heterocycles. The molecule has 26 heavy (non-hydrogen) atoms. The van der Waals surface area contributed by atoms with E-state index in [2.05, 4.69) is 85.6 Å². The monoisotopic (exact) mass is 380 g/mol. The number of allylic oxidation sites excluding steroid dienone is 3. The molecule has 0 aliphatic carbocycles. The lowest BCUT2D eigenvalue weighted by Crippen LogP contribution is -2.55. The molecule has 0 aliphatic heterocycles. The van der Waals surface area contributed by atoms with Crippen LogP contribution in [0.15, 0.2) is 23.9 Å². The fourth-order valence-electron chi connectivity index (χ4n) is 4.22. The van der Waals surface area contributed by atoms with Crippen molar-refractivity contribution >= 4 is 8.07 Å². The van der Waals surface area contributed by atoms with Crippen LogP contribution in [0, 0.1) is 10.8 Å². The molecule has 0 aromatic carbocycles. The average Bonchev–Trinajstić information content (AvgIpc) is 2.58. The third-order valence-electron chi connectivity index (χ3n) is 7.96. The highest BCUT2D eigenvalue weighted by Crippen LogP contribution is 2.64. The molecule has 0 fully saturated rings. The van der Waals surface area contributed by atoms with Crippen molar-refractivity contribution in [3.63, 3.8) is 0 Å². The third kappa shape index (κ3) is 5.33. The fraction of sp³-hybridized carbons (Fsp3) is 0.826. The number of nitrogens with one attached hydrogen (secondary N) is 1.